The van der Waals surface area contributed by atoms with Gasteiger partial charge in [0, 0.05) is 5.02 Å². The van der Waals surface area contributed by atoms with Crippen LogP contribution in [-0.4, -0.2) is 24.9 Å². The van der Waals surface area contributed by atoms with Crippen LogP contribution in [0.1, 0.15) is 24.9 Å². The summed E-state index contributed by atoms with van der Waals surface area (Å²) in [5.41, 5.74) is 6.22. The minimum atomic E-state index is -0.340. The Hall–Kier alpha value is -1.59. The zero-order valence-electron chi connectivity index (χ0n) is 11.9. The summed E-state index contributed by atoms with van der Waals surface area (Å²) in [5, 5.41) is 6.13. The SMILES string of the molecule is CC1CC1C(NC(=O)CNC(=O)CN)c1ccc(Cl)cc1. The Kier molecular flexibility index (Phi) is 5.20. The molecule has 4 N–H and O–H groups in total. The molecule has 1 aromatic rings. The molecule has 1 aliphatic carbocycles. The van der Waals surface area contributed by atoms with Crippen LogP contribution in [0, 0.1) is 11.8 Å². The van der Waals surface area contributed by atoms with E-state index in [0.29, 0.717) is 16.9 Å². The topological polar surface area (TPSA) is 84.2 Å². The van der Waals surface area contributed by atoms with E-state index in [-0.39, 0.29) is 30.9 Å². The second-order valence-electron chi connectivity index (χ2n) is 5.45. The number of nitrogens with two attached hydrogens (primary N) is 1. The minimum Gasteiger partial charge on any atom is -0.347 e. The van der Waals surface area contributed by atoms with E-state index in [2.05, 4.69) is 17.6 Å². The smallest absolute Gasteiger partial charge is 0.239 e. The average molecular weight is 310 g/mol. The zero-order valence-corrected chi connectivity index (χ0v) is 12.7. The van der Waals surface area contributed by atoms with Gasteiger partial charge in [-0.15, -0.1) is 0 Å². The summed E-state index contributed by atoms with van der Waals surface area (Å²) >= 11 is 5.90. The molecule has 0 heterocycles. The van der Waals surface area contributed by atoms with E-state index in [1.54, 1.807) is 0 Å². The molecule has 114 valence electrons. The van der Waals surface area contributed by atoms with Crippen LogP contribution in [0.2, 0.25) is 5.02 Å². The largest absolute Gasteiger partial charge is 0.347 e. The summed E-state index contributed by atoms with van der Waals surface area (Å²) < 4.78 is 0. The van der Waals surface area contributed by atoms with Gasteiger partial charge in [0.05, 0.1) is 19.1 Å². The number of carbonyl (C=O) groups excluding carboxylic acids is 2. The van der Waals surface area contributed by atoms with Crippen molar-refractivity contribution in [1.29, 1.82) is 0 Å². The lowest BCUT2D eigenvalue weighted by atomic mass is 10.0. The maximum absolute atomic E-state index is 12.0. The number of amides is 2. The Morgan fingerprint density at radius 2 is 1.95 bits per heavy atom. The molecule has 2 rings (SSSR count). The van der Waals surface area contributed by atoms with Gasteiger partial charge in [0.2, 0.25) is 11.8 Å². The van der Waals surface area contributed by atoms with Crippen molar-refractivity contribution >= 4 is 23.4 Å². The molecule has 0 aromatic heterocycles. The molecule has 21 heavy (non-hydrogen) atoms. The molecule has 6 heteroatoms. The van der Waals surface area contributed by atoms with Gasteiger partial charge < -0.3 is 16.4 Å². The normalized spacial score (nSPS) is 21.5. The zero-order chi connectivity index (χ0) is 15.4. The van der Waals surface area contributed by atoms with Gasteiger partial charge in [0.1, 0.15) is 0 Å². The van der Waals surface area contributed by atoms with Gasteiger partial charge in [-0.3, -0.25) is 9.59 Å². The molecule has 0 aliphatic heterocycles. The highest BCUT2D eigenvalue weighted by atomic mass is 35.5. The third kappa shape index (κ3) is 4.44. The number of halogens is 1. The molecule has 2 amide bonds. The summed E-state index contributed by atoms with van der Waals surface area (Å²) in [6.07, 6.45) is 1.09. The summed E-state index contributed by atoms with van der Waals surface area (Å²) in [5.74, 6) is 0.466. The average Bonchev–Trinajstić information content (AvgIpc) is 3.20. The van der Waals surface area contributed by atoms with Gasteiger partial charge in [-0.05, 0) is 36.0 Å². The van der Waals surface area contributed by atoms with E-state index in [0.717, 1.165) is 12.0 Å². The first kappa shape index (κ1) is 15.8. The summed E-state index contributed by atoms with van der Waals surface area (Å²) in [6.45, 7) is 1.99. The molecule has 1 aromatic carbocycles. The van der Waals surface area contributed by atoms with Crippen molar-refractivity contribution in [3.8, 4) is 0 Å². The molecule has 3 unspecified atom stereocenters. The first-order chi connectivity index (χ1) is 10.0. The fourth-order valence-corrected chi connectivity index (χ4v) is 2.52. The van der Waals surface area contributed by atoms with Crippen molar-refractivity contribution in [3.05, 3.63) is 34.9 Å². The highest BCUT2D eigenvalue weighted by molar-refractivity contribution is 6.30. The molecular formula is C15H20ClN3O2. The number of nitrogens with one attached hydrogen (secondary N) is 2. The quantitative estimate of drug-likeness (QED) is 0.739. The lowest BCUT2D eigenvalue weighted by Crippen LogP contribution is -2.41. The lowest BCUT2D eigenvalue weighted by molar-refractivity contribution is -0.125. The molecule has 1 saturated carbocycles. The second-order valence-corrected chi connectivity index (χ2v) is 5.89. The number of rotatable bonds is 6. The Balaban J connectivity index is 1.99. The van der Waals surface area contributed by atoms with Gasteiger partial charge in [0.25, 0.3) is 0 Å². The Morgan fingerprint density at radius 3 is 2.48 bits per heavy atom. The molecule has 0 saturated heterocycles. The van der Waals surface area contributed by atoms with Gasteiger partial charge in [-0.1, -0.05) is 30.7 Å². The van der Waals surface area contributed by atoms with Crippen molar-refractivity contribution < 1.29 is 9.59 Å². The van der Waals surface area contributed by atoms with Crippen LogP contribution in [0.4, 0.5) is 0 Å². The third-order valence-electron chi connectivity index (χ3n) is 3.78. The van der Waals surface area contributed by atoms with Crippen molar-refractivity contribution in [3.63, 3.8) is 0 Å². The van der Waals surface area contributed by atoms with Gasteiger partial charge >= 0.3 is 0 Å². The Morgan fingerprint density at radius 1 is 1.33 bits per heavy atom. The monoisotopic (exact) mass is 309 g/mol. The first-order valence-electron chi connectivity index (χ1n) is 7.03. The van der Waals surface area contributed by atoms with E-state index in [4.69, 9.17) is 17.3 Å². The molecule has 3 atom stereocenters. The minimum absolute atomic E-state index is 0.0421. The predicted octanol–water partition coefficient (Wildman–Crippen LogP) is 1.23. The second kappa shape index (κ2) is 6.91. The number of hydrogen-bond acceptors (Lipinski definition) is 3. The van der Waals surface area contributed by atoms with Crippen LogP contribution in [0.25, 0.3) is 0 Å². The summed E-state index contributed by atoms with van der Waals surface area (Å²) in [4.78, 5) is 23.0. The van der Waals surface area contributed by atoms with E-state index < -0.39 is 0 Å². The Labute approximate surface area is 129 Å². The van der Waals surface area contributed by atoms with Gasteiger partial charge in [0.15, 0.2) is 0 Å². The van der Waals surface area contributed by atoms with Crippen molar-refractivity contribution in [2.45, 2.75) is 19.4 Å². The van der Waals surface area contributed by atoms with Crippen LogP contribution >= 0.6 is 11.6 Å². The first-order valence-corrected chi connectivity index (χ1v) is 7.40. The Bertz CT molecular complexity index is 518. The molecule has 1 aliphatic rings. The molecular weight excluding hydrogens is 290 g/mol. The van der Waals surface area contributed by atoms with Crippen LogP contribution in [0.3, 0.4) is 0 Å². The lowest BCUT2D eigenvalue weighted by Gasteiger charge is -2.19. The van der Waals surface area contributed by atoms with Crippen LogP contribution in [-0.2, 0) is 9.59 Å². The summed E-state index contributed by atoms with van der Waals surface area (Å²) in [6, 6.07) is 7.45. The molecule has 5 nitrogen and oxygen atoms in total. The number of hydrogen-bond donors (Lipinski definition) is 3. The van der Waals surface area contributed by atoms with E-state index in [1.807, 2.05) is 24.3 Å². The third-order valence-corrected chi connectivity index (χ3v) is 4.03. The number of benzene rings is 1. The van der Waals surface area contributed by atoms with Crippen LogP contribution < -0.4 is 16.4 Å². The molecule has 0 bridgehead atoms. The molecule has 0 spiro atoms. The van der Waals surface area contributed by atoms with Crippen molar-refractivity contribution in [1.82, 2.24) is 10.6 Å². The van der Waals surface area contributed by atoms with Crippen LogP contribution in [0.15, 0.2) is 24.3 Å². The number of carbonyl (C=O) groups is 2. The fraction of sp³-hybridized carbons (Fsp3) is 0.467. The predicted molar refractivity (Wildman–Crippen MR) is 81.7 cm³/mol. The maximum Gasteiger partial charge on any atom is 0.239 e. The summed E-state index contributed by atoms with van der Waals surface area (Å²) in [7, 11) is 0. The highest BCUT2D eigenvalue weighted by Crippen LogP contribution is 2.47. The standard InChI is InChI=1S/C15H20ClN3O2/c1-9-6-12(9)15(10-2-4-11(16)5-3-10)19-14(21)8-18-13(20)7-17/h2-5,9,12,15H,6-8,17H2,1H3,(H,18,20)(H,19,21). The van der Waals surface area contributed by atoms with E-state index in [1.165, 1.54) is 0 Å². The van der Waals surface area contributed by atoms with Gasteiger partial charge in [-0.25, -0.2) is 0 Å². The van der Waals surface area contributed by atoms with Crippen LogP contribution in [0.5, 0.6) is 0 Å². The molecule has 0 radical (unpaired) electrons. The fourth-order valence-electron chi connectivity index (χ4n) is 2.40. The molecule has 1 fully saturated rings. The highest BCUT2D eigenvalue weighted by Gasteiger charge is 2.40. The van der Waals surface area contributed by atoms with Gasteiger partial charge in [-0.2, -0.15) is 0 Å². The van der Waals surface area contributed by atoms with Crippen molar-refractivity contribution in [2.75, 3.05) is 13.1 Å². The van der Waals surface area contributed by atoms with Crippen molar-refractivity contribution in [2.24, 2.45) is 17.6 Å². The maximum atomic E-state index is 12.0. The van der Waals surface area contributed by atoms with E-state index >= 15 is 0 Å². The van der Waals surface area contributed by atoms with E-state index in [9.17, 15) is 9.59 Å².